The van der Waals surface area contributed by atoms with Gasteiger partial charge in [-0.05, 0) is 41.7 Å². The molecule has 150 valence electrons. The van der Waals surface area contributed by atoms with Gasteiger partial charge in [0.15, 0.2) is 5.65 Å². The molecule has 6 heteroatoms. The number of hydrogen-bond donors (Lipinski definition) is 1. The fraction of sp³-hybridized carbons (Fsp3) is 0.125. The van der Waals surface area contributed by atoms with Crippen LogP contribution in [0.2, 0.25) is 0 Å². The minimum Gasteiger partial charge on any atom is -0.346 e. The van der Waals surface area contributed by atoms with Crippen molar-refractivity contribution >= 4 is 35.5 Å². The molecular formula is C24H22N4OS. The van der Waals surface area contributed by atoms with Crippen LogP contribution < -0.4 is 5.32 Å². The largest absolute Gasteiger partial charge is 0.346 e. The van der Waals surface area contributed by atoms with E-state index in [0.717, 1.165) is 33.4 Å². The van der Waals surface area contributed by atoms with E-state index in [1.165, 1.54) is 0 Å². The van der Waals surface area contributed by atoms with E-state index in [1.54, 1.807) is 23.9 Å². The van der Waals surface area contributed by atoms with Crippen LogP contribution in [0.3, 0.4) is 0 Å². The molecule has 0 aliphatic rings. The lowest BCUT2D eigenvalue weighted by Gasteiger charge is -2.07. The maximum absolute atomic E-state index is 12.6. The van der Waals surface area contributed by atoms with E-state index in [1.807, 2.05) is 77.3 Å². The minimum absolute atomic E-state index is 0.123. The van der Waals surface area contributed by atoms with Crippen molar-refractivity contribution in [3.05, 3.63) is 95.3 Å². The fourth-order valence-electron chi connectivity index (χ4n) is 3.10. The first kappa shape index (κ1) is 19.9. The van der Waals surface area contributed by atoms with Gasteiger partial charge in [0.25, 0.3) is 5.91 Å². The first-order chi connectivity index (χ1) is 14.7. The van der Waals surface area contributed by atoms with Crippen molar-refractivity contribution in [2.75, 3.05) is 5.75 Å². The quantitative estimate of drug-likeness (QED) is 0.435. The van der Waals surface area contributed by atoms with Gasteiger partial charge in [0, 0.05) is 5.56 Å². The third kappa shape index (κ3) is 4.60. The summed E-state index contributed by atoms with van der Waals surface area (Å²) in [4.78, 5) is 17.3. The second-order valence-corrected chi connectivity index (χ2v) is 7.90. The first-order valence-electron chi connectivity index (χ1n) is 9.82. The van der Waals surface area contributed by atoms with Crippen molar-refractivity contribution in [3.8, 4) is 0 Å². The van der Waals surface area contributed by atoms with Gasteiger partial charge in [0.05, 0.1) is 17.9 Å². The van der Waals surface area contributed by atoms with Crippen molar-refractivity contribution in [1.29, 1.82) is 0 Å². The number of nitrogens with one attached hydrogen (secondary N) is 1. The topological polar surface area (TPSA) is 59.3 Å². The Balaban J connectivity index is 1.67. The molecule has 0 saturated carbocycles. The molecule has 0 spiro atoms. The Labute approximate surface area is 179 Å². The molecule has 0 fully saturated rings. The van der Waals surface area contributed by atoms with Gasteiger partial charge < -0.3 is 5.32 Å². The molecule has 0 unspecified atom stereocenters. The number of carbonyl (C=O) groups is 1. The van der Waals surface area contributed by atoms with Crippen molar-refractivity contribution in [1.82, 2.24) is 19.9 Å². The number of carbonyl (C=O) groups excluding carboxylic acids is 1. The Kier molecular flexibility index (Phi) is 6.25. The van der Waals surface area contributed by atoms with E-state index in [0.29, 0.717) is 12.1 Å². The zero-order chi connectivity index (χ0) is 20.8. The number of amides is 1. The summed E-state index contributed by atoms with van der Waals surface area (Å²) < 4.78 is 1.83. The number of fused-ring (bicyclic) bond motifs is 1. The number of rotatable bonds is 7. The van der Waals surface area contributed by atoms with E-state index >= 15 is 0 Å². The van der Waals surface area contributed by atoms with Gasteiger partial charge in [0.2, 0.25) is 0 Å². The Morgan fingerprint density at radius 2 is 1.73 bits per heavy atom. The number of thioether (sulfide) groups is 1. The van der Waals surface area contributed by atoms with Crippen LogP contribution in [0.1, 0.15) is 34.2 Å². The zero-order valence-corrected chi connectivity index (χ0v) is 17.5. The molecule has 0 atom stereocenters. The lowest BCUT2D eigenvalue weighted by molar-refractivity contribution is 0.0950. The highest BCUT2D eigenvalue weighted by Gasteiger charge is 2.14. The molecule has 30 heavy (non-hydrogen) atoms. The maximum Gasteiger partial charge on any atom is 0.251 e. The summed E-state index contributed by atoms with van der Waals surface area (Å²) in [6.07, 6.45) is 3.99. The van der Waals surface area contributed by atoms with Gasteiger partial charge >= 0.3 is 0 Å². The highest BCUT2D eigenvalue weighted by atomic mass is 32.2. The first-order valence-corrected chi connectivity index (χ1v) is 10.8. The monoisotopic (exact) mass is 414 g/mol. The van der Waals surface area contributed by atoms with Gasteiger partial charge in [0.1, 0.15) is 5.03 Å². The maximum atomic E-state index is 12.6. The second-order valence-electron chi connectivity index (χ2n) is 6.61. The van der Waals surface area contributed by atoms with Gasteiger partial charge in [-0.1, -0.05) is 61.5 Å². The summed E-state index contributed by atoms with van der Waals surface area (Å²) in [5.41, 5.74) is 4.11. The van der Waals surface area contributed by atoms with Crippen LogP contribution in [0.25, 0.3) is 17.8 Å². The minimum atomic E-state index is -0.123. The summed E-state index contributed by atoms with van der Waals surface area (Å²) >= 11 is 1.67. The summed E-state index contributed by atoms with van der Waals surface area (Å²) in [6.45, 7) is 2.43. The van der Waals surface area contributed by atoms with Crippen molar-refractivity contribution in [2.45, 2.75) is 18.5 Å². The van der Waals surface area contributed by atoms with E-state index < -0.39 is 0 Å². The molecule has 4 rings (SSSR count). The molecule has 0 saturated heterocycles. The molecule has 1 amide bonds. The van der Waals surface area contributed by atoms with E-state index in [-0.39, 0.29) is 5.91 Å². The number of aromatic nitrogens is 3. The van der Waals surface area contributed by atoms with E-state index in [2.05, 4.69) is 12.2 Å². The summed E-state index contributed by atoms with van der Waals surface area (Å²) in [5.74, 6) is 0.816. The molecule has 2 aromatic heterocycles. The molecule has 4 aromatic rings. The van der Waals surface area contributed by atoms with Crippen molar-refractivity contribution < 1.29 is 4.79 Å². The molecule has 2 heterocycles. The summed E-state index contributed by atoms with van der Waals surface area (Å²) in [7, 11) is 0. The second kappa shape index (κ2) is 9.41. The SMILES string of the molecule is CCSc1ccc2nc(/C=C/c3ccccc3)c(CNC(=O)c3ccccc3)n2n1. The van der Waals surface area contributed by atoms with Crippen molar-refractivity contribution in [3.63, 3.8) is 0 Å². The standard InChI is InChI=1S/C24H22N4OS/c1-2-30-23-16-15-22-26-20(14-13-18-9-5-3-6-10-18)21(28(22)27-23)17-25-24(29)19-11-7-4-8-12-19/h3-16H,2,17H2,1H3,(H,25,29)/b14-13+. The molecule has 5 nitrogen and oxygen atoms in total. The predicted octanol–water partition coefficient (Wildman–Crippen LogP) is 4.94. The molecule has 2 aromatic carbocycles. The van der Waals surface area contributed by atoms with Crippen LogP contribution in [0.5, 0.6) is 0 Å². The zero-order valence-electron chi connectivity index (χ0n) is 16.7. The number of hydrogen-bond acceptors (Lipinski definition) is 4. The van der Waals surface area contributed by atoms with E-state index in [9.17, 15) is 4.79 Å². The third-order valence-corrected chi connectivity index (χ3v) is 5.36. The highest BCUT2D eigenvalue weighted by Crippen LogP contribution is 2.19. The van der Waals surface area contributed by atoms with Crippen LogP contribution >= 0.6 is 11.8 Å². The Morgan fingerprint density at radius 3 is 2.47 bits per heavy atom. The summed E-state index contributed by atoms with van der Waals surface area (Å²) in [5, 5.41) is 8.65. The van der Waals surface area contributed by atoms with Crippen LogP contribution in [-0.2, 0) is 6.54 Å². The Morgan fingerprint density at radius 1 is 1.00 bits per heavy atom. The molecule has 1 N–H and O–H groups in total. The Bertz CT molecular complexity index is 1170. The van der Waals surface area contributed by atoms with Crippen LogP contribution in [0.15, 0.2) is 77.8 Å². The van der Waals surface area contributed by atoms with Crippen LogP contribution in [0, 0.1) is 0 Å². The number of nitrogens with zero attached hydrogens (tertiary/aromatic N) is 3. The molecule has 0 bridgehead atoms. The molecule has 0 aliphatic carbocycles. The fourth-order valence-corrected chi connectivity index (χ4v) is 3.70. The number of benzene rings is 2. The third-order valence-electron chi connectivity index (χ3n) is 4.55. The van der Waals surface area contributed by atoms with Gasteiger partial charge in [-0.25, -0.2) is 9.50 Å². The average Bonchev–Trinajstić information content (AvgIpc) is 3.14. The average molecular weight is 415 g/mol. The van der Waals surface area contributed by atoms with Gasteiger partial charge in [-0.15, -0.1) is 11.8 Å². The van der Waals surface area contributed by atoms with E-state index in [4.69, 9.17) is 10.1 Å². The predicted molar refractivity (Wildman–Crippen MR) is 122 cm³/mol. The van der Waals surface area contributed by atoms with Gasteiger partial charge in [-0.2, -0.15) is 5.10 Å². The molecule has 0 radical (unpaired) electrons. The van der Waals surface area contributed by atoms with Crippen LogP contribution in [0.4, 0.5) is 0 Å². The summed E-state index contributed by atoms with van der Waals surface area (Å²) in [6, 6.07) is 23.2. The van der Waals surface area contributed by atoms with Crippen molar-refractivity contribution in [2.24, 2.45) is 0 Å². The normalized spacial score (nSPS) is 11.2. The molecule has 0 aliphatic heterocycles. The highest BCUT2D eigenvalue weighted by molar-refractivity contribution is 7.99. The Hall–Kier alpha value is -3.38. The lowest BCUT2D eigenvalue weighted by atomic mass is 10.2. The van der Waals surface area contributed by atoms with Crippen LogP contribution in [-0.4, -0.2) is 26.3 Å². The number of imidazole rings is 1. The van der Waals surface area contributed by atoms with Gasteiger partial charge in [-0.3, -0.25) is 4.79 Å². The smallest absolute Gasteiger partial charge is 0.251 e. The molecular weight excluding hydrogens is 392 g/mol. The lowest BCUT2D eigenvalue weighted by Crippen LogP contribution is -2.24.